The maximum atomic E-state index is 11.5. The molecule has 0 spiro atoms. The molecule has 0 aliphatic carbocycles. The van der Waals surface area contributed by atoms with Gasteiger partial charge in [0.2, 0.25) is 0 Å². The Hall–Kier alpha value is -2.08. The van der Waals surface area contributed by atoms with Gasteiger partial charge >= 0.3 is 5.97 Å². The Balaban J connectivity index is 2.47. The van der Waals surface area contributed by atoms with Crippen molar-refractivity contribution in [2.45, 2.75) is 12.8 Å². The van der Waals surface area contributed by atoms with Crippen LogP contribution in [-0.2, 0) is 4.74 Å². The van der Waals surface area contributed by atoms with E-state index in [-0.39, 0.29) is 5.97 Å². The van der Waals surface area contributed by atoms with Gasteiger partial charge in [-0.2, -0.15) is 5.26 Å². The fourth-order valence-electron chi connectivity index (χ4n) is 1.16. The Morgan fingerprint density at radius 3 is 2.69 bits per heavy atom. The average molecular weight is 215 g/mol. The molecule has 1 aromatic carbocycles. The minimum atomic E-state index is -0.353. The van der Waals surface area contributed by atoms with Crippen molar-refractivity contribution in [2.24, 2.45) is 0 Å². The molecule has 0 fully saturated rings. The number of hydrogen-bond donors (Lipinski definition) is 0. The smallest absolute Gasteiger partial charge is 0.338 e. The molecule has 0 saturated carbocycles. The van der Waals surface area contributed by atoms with E-state index in [9.17, 15) is 4.79 Å². The zero-order valence-electron chi connectivity index (χ0n) is 8.98. The van der Waals surface area contributed by atoms with Crippen molar-refractivity contribution in [3.63, 3.8) is 0 Å². The molecular formula is C13H13NO2. The van der Waals surface area contributed by atoms with Gasteiger partial charge in [0.1, 0.15) is 0 Å². The molecule has 16 heavy (non-hydrogen) atoms. The number of nitrogens with zero attached hydrogens (tertiary/aromatic N) is 1. The Morgan fingerprint density at radius 2 is 2.12 bits per heavy atom. The maximum absolute atomic E-state index is 11.5. The highest BCUT2D eigenvalue weighted by molar-refractivity contribution is 5.89. The van der Waals surface area contributed by atoms with Gasteiger partial charge in [-0.15, -0.1) is 6.58 Å². The van der Waals surface area contributed by atoms with E-state index in [1.807, 2.05) is 6.07 Å². The third-order valence-corrected chi connectivity index (χ3v) is 2.04. The summed E-state index contributed by atoms with van der Waals surface area (Å²) < 4.78 is 5.03. The predicted octanol–water partition coefficient (Wildman–Crippen LogP) is 2.68. The molecule has 0 aliphatic heterocycles. The van der Waals surface area contributed by atoms with Crippen LogP contribution in [0.2, 0.25) is 0 Å². The van der Waals surface area contributed by atoms with Gasteiger partial charge in [0.15, 0.2) is 0 Å². The number of hydrogen-bond acceptors (Lipinski definition) is 3. The van der Waals surface area contributed by atoms with E-state index >= 15 is 0 Å². The predicted molar refractivity (Wildman–Crippen MR) is 60.9 cm³/mol. The van der Waals surface area contributed by atoms with E-state index in [4.69, 9.17) is 10.00 Å². The minimum absolute atomic E-state index is 0.353. The molecule has 0 amide bonds. The number of allylic oxidation sites excluding steroid dienone is 1. The van der Waals surface area contributed by atoms with Crippen molar-refractivity contribution in [2.75, 3.05) is 6.61 Å². The Labute approximate surface area is 95.0 Å². The first-order valence-electron chi connectivity index (χ1n) is 5.06. The summed E-state index contributed by atoms with van der Waals surface area (Å²) in [5.74, 6) is -0.353. The van der Waals surface area contributed by atoms with Crippen molar-refractivity contribution < 1.29 is 9.53 Å². The lowest BCUT2D eigenvalue weighted by Crippen LogP contribution is -2.06. The van der Waals surface area contributed by atoms with Gasteiger partial charge in [0, 0.05) is 0 Å². The fraction of sp³-hybridized carbons (Fsp3) is 0.231. The molecule has 0 N–H and O–H groups in total. The van der Waals surface area contributed by atoms with Gasteiger partial charge in [0.25, 0.3) is 0 Å². The Morgan fingerprint density at radius 1 is 1.44 bits per heavy atom. The molecule has 0 saturated heterocycles. The maximum Gasteiger partial charge on any atom is 0.338 e. The molecule has 3 nitrogen and oxygen atoms in total. The lowest BCUT2D eigenvalue weighted by molar-refractivity contribution is 0.0501. The zero-order chi connectivity index (χ0) is 11.8. The first-order chi connectivity index (χ1) is 7.77. The molecule has 0 atom stereocenters. The van der Waals surface area contributed by atoms with Gasteiger partial charge < -0.3 is 4.74 Å². The standard InChI is InChI=1S/C13H13NO2/c1-2-3-4-9-16-13(15)12-7-5-11(10-14)6-8-12/h2,5-8H,1,3-4,9H2. The summed E-state index contributed by atoms with van der Waals surface area (Å²) in [5.41, 5.74) is 1.00. The van der Waals surface area contributed by atoms with Crippen LogP contribution < -0.4 is 0 Å². The van der Waals surface area contributed by atoms with Crippen molar-refractivity contribution in [1.29, 1.82) is 5.26 Å². The second kappa shape index (κ2) is 6.41. The second-order valence-electron chi connectivity index (χ2n) is 3.26. The third kappa shape index (κ3) is 3.58. The molecule has 82 valence electrons. The summed E-state index contributed by atoms with van der Waals surface area (Å²) in [6.07, 6.45) is 3.40. The van der Waals surface area contributed by atoms with Crippen LogP contribution in [0, 0.1) is 11.3 Å². The molecule has 0 radical (unpaired) electrons. The summed E-state index contributed by atoms with van der Waals surface area (Å²) in [5, 5.41) is 8.59. The number of ether oxygens (including phenoxy) is 1. The summed E-state index contributed by atoms with van der Waals surface area (Å²) in [6, 6.07) is 8.37. The third-order valence-electron chi connectivity index (χ3n) is 2.04. The van der Waals surface area contributed by atoms with Crippen molar-refractivity contribution in [3.8, 4) is 6.07 Å². The number of nitriles is 1. The van der Waals surface area contributed by atoms with Gasteiger partial charge in [-0.25, -0.2) is 4.79 Å². The quantitative estimate of drug-likeness (QED) is 0.431. The van der Waals surface area contributed by atoms with Gasteiger partial charge in [-0.1, -0.05) is 6.08 Å². The topological polar surface area (TPSA) is 50.1 Å². The largest absolute Gasteiger partial charge is 0.462 e. The van der Waals surface area contributed by atoms with Crippen LogP contribution in [0.3, 0.4) is 0 Å². The second-order valence-corrected chi connectivity index (χ2v) is 3.26. The van der Waals surface area contributed by atoms with E-state index in [1.165, 1.54) is 0 Å². The van der Waals surface area contributed by atoms with Gasteiger partial charge in [0.05, 0.1) is 23.8 Å². The molecule has 0 bridgehead atoms. The minimum Gasteiger partial charge on any atom is -0.462 e. The SMILES string of the molecule is C=CCCCOC(=O)c1ccc(C#N)cc1. The summed E-state index contributed by atoms with van der Waals surface area (Å²) in [4.78, 5) is 11.5. The van der Waals surface area contributed by atoms with E-state index in [0.29, 0.717) is 17.7 Å². The Bertz CT molecular complexity index is 401. The molecule has 1 rings (SSSR count). The van der Waals surface area contributed by atoms with Crippen LogP contribution in [0.1, 0.15) is 28.8 Å². The van der Waals surface area contributed by atoms with E-state index in [0.717, 1.165) is 12.8 Å². The summed E-state index contributed by atoms with van der Waals surface area (Å²) in [7, 11) is 0. The normalized spacial score (nSPS) is 9.19. The molecule has 0 aromatic heterocycles. The number of carbonyl (C=O) groups excluding carboxylic acids is 1. The highest BCUT2D eigenvalue weighted by atomic mass is 16.5. The number of benzene rings is 1. The molecule has 1 aromatic rings. The number of esters is 1. The van der Waals surface area contributed by atoms with E-state index in [2.05, 4.69) is 6.58 Å². The van der Waals surface area contributed by atoms with E-state index < -0.39 is 0 Å². The zero-order valence-corrected chi connectivity index (χ0v) is 8.98. The van der Waals surface area contributed by atoms with Crippen LogP contribution in [0.4, 0.5) is 0 Å². The van der Waals surface area contributed by atoms with Gasteiger partial charge in [-0.3, -0.25) is 0 Å². The molecular weight excluding hydrogens is 202 g/mol. The average Bonchev–Trinajstić information content (AvgIpc) is 2.34. The number of unbranched alkanes of at least 4 members (excludes halogenated alkanes) is 1. The Kier molecular flexibility index (Phi) is 4.81. The van der Waals surface area contributed by atoms with Crippen LogP contribution in [0.25, 0.3) is 0 Å². The first kappa shape index (κ1) is 12.0. The number of rotatable bonds is 5. The molecule has 0 heterocycles. The van der Waals surface area contributed by atoms with Crippen molar-refractivity contribution >= 4 is 5.97 Å². The van der Waals surface area contributed by atoms with Crippen LogP contribution >= 0.6 is 0 Å². The lowest BCUT2D eigenvalue weighted by Gasteiger charge is -2.03. The van der Waals surface area contributed by atoms with Crippen molar-refractivity contribution in [3.05, 3.63) is 48.0 Å². The molecule has 3 heteroatoms. The molecule has 0 aliphatic rings. The van der Waals surface area contributed by atoms with Gasteiger partial charge in [-0.05, 0) is 37.1 Å². The van der Waals surface area contributed by atoms with Crippen LogP contribution in [-0.4, -0.2) is 12.6 Å². The number of carbonyl (C=O) groups is 1. The van der Waals surface area contributed by atoms with Crippen molar-refractivity contribution in [1.82, 2.24) is 0 Å². The highest BCUT2D eigenvalue weighted by Crippen LogP contribution is 2.05. The summed E-state index contributed by atoms with van der Waals surface area (Å²) >= 11 is 0. The van der Waals surface area contributed by atoms with Crippen LogP contribution in [0.15, 0.2) is 36.9 Å². The van der Waals surface area contributed by atoms with Crippen LogP contribution in [0.5, 0.6) is 0 Å². The first-order valence-corrected chi connectivity index (χ1v) is 5.06. The monoisotopic (exact) mass is 215 g/mol. The highest BCUT2D eigenvalue weighted by Gasteiger charge is 2.05. The fourth-order valence-corrected chi connectivity index (χ4v) is 1.16. The summed E-state index contributed by atoms with van der Waals surface area (Å²) in [6.45, 7) is 3.98. The lowest BCUT2D eigenvalue weighted by atomic mass is 10.1. The molecule has 0 unspecified atom stereocenters. The van der Waals surface area contributed by atoms with E-state index in [1.54, 1.807) is 30.3 Å².